The number of methoxy groups -OCH3 is 1. The molecule has 0 unspecified atom stereocenters. The number of hydrogen-bond donors (Lipinski definition) is 1. The highest BCUT2D eigenvalue weighted by molar-refractivity contribution is 5.31. The molecule has 3 heteroatoms. The van der Waals surface area contributed by atoms with Crippen molar-refractivity contribution in [3.8, 4) is 5.88 Å². The van der Waals surface area contributed by atoms with Crippen LogP contribution in [-0.2, 0) is 0 Å². The van der Waals surface area contributed by atoms with Crippen molar-refractivity contribution < 1.29 is 4.74 Å². The topological polar surface area (TPSA) is 34.1 Å². The zero-order chi connectivity index (χ0) is 10.7. The van der Waals surface area contributed by atoms with Gasteiger partial charge in [0, 0.05) is 11.3 Å². The molecule has 0 atom stereocenters. The maximum atomic E-state index is 5.35. The van der Waals surface area contributed by atoms with Crippen molar-refractivity contribution in [1.29, 1.82) is 0 Å². The lowest BCUT2D eigenvalue weighted by Gasteiger charge is -2.24. The normalized spacial score (nSPS) is 17.7. The van der Waals surface area contributed by atoms with E-state index in [1.54, 1.807) is 7.11 Å². The van der Waals surface area contributed by atoms with Crippen LogP contribution in [0.15, 0.2) is 12.1 Å². The van der Waals surface area contributed by atoms with E-state index in [-0.39, 0.29) is 0 Å². The Morgan fingerprint density at radius 2 is 2.07 bits per heavy atom. The number of rotatable bonds is 2. The van der Waals surface area contributed by atoms with E-state index < -0.39 is 0 Å². The lowest BCUT2D eigenvalue weighted by Crippen LogP contribution is -2.26. The van der Waals surface area contributed by atoms with Crippen molar-refractivity contribution in [2.24, 2.45) is 0 Å². The monoisotopic (exact) mass is 206 g/mol. The SMILES string of the molecule is COc1nc(C)ccc1C1CCNCC1. The number of nitrogens with zero attached hydrogens (tertiary/aromatic N) is 1. The van der Waals surface area contributed by atoms with Gasteiger partial charge in [-0.2, -0.15) is 0 Å². The number of nitrogens with one attached hydrogen (secondary N) is 1. The Balaban J connectivity index is 2.25. The van der Waals surface area contributed by atoms with Gasteiger partial charge < -0.3 is 10.1 Å². The number of aryl methyl sites for hydroxylation is 1. The summed E-state index contributed by atoms with van der Waals surface area (Å²) in [7, 11) is 1.70. The lowest BCUT2D eigenvalue weighted by molar-refractivity contribution is 0.376. The summed E-state index contributed by atoms with van der Waals surface area (Å²) < 4.78 is 5.35. The lowest BCUT2D eigenvalue weighted by atomic mass is 9.91. The first-order valence-electron chi connectivity index (χ1n) is 5.53. The molecule has 1 N–H and O–H groups in total. The van der Waals surface area contributed by atoms with E-state index in [4.69, 9.17) is 4.74 Å². The molecule has 0 amide bonds. The van der Waals surface area contributed by atoms with Gasteiger partial charge in [0.05, 0.1) is 7.11 Å². The van der Waals surface area contributed by atoms with Crippen LogP contribution < -0.4 is 10.1 Å². The molecule has 1 saturated heterocycles. The van der Waals surface area contributed by atoms with Crippen LogP contribution in [0.5, 0.6) is 5.88 Å². The maximum absolute atomic E-state index is 5.35. The molecule has 82 valence electrons. The van der Waals surface area contributed by atoms with Gasteiger partial charge in [-0.3, -0.25) is 0 Å². The Labute approximate surface area is 90.9 Å². The molecule has 1 aliphatic heterocycles. The second-order valence-electron chi connectivity index (χ2n) is 4.08. The van der Waals surface area contributed by atoms with E-state index in [0.29, 0.717) is 5.92 Å². The van der Waals surface area contributed by atoms with Crippen LogP contribution in [-0.4, -0.2) is 25.2 Å². The zero-order valence-corrected chi connectivity index (χ0v) is 9.42. The molecule has 15 heavy (non-hydrogen) atoms. The molecule has 0 saturated carbocycles. The molecule has 2 rings (SSSR count). The molecular weight excluding hydrogens is 188 g/mol. The van der Waals surface area contributed by atoms with Gasteiger partial charge in [0.1, 0.15) is 0 Å². The van der Waals surface area contributed by atoms with Gasteiger partial charge in [0.25, 0.3) is 0 Å². The number of ether oxygens (including phenoxy) is 1. The second kappa shape index (κ2) is 4.62. The summed E-state index contributed by atoms with van der Waals surface area (Å²) >= 11 is 0. The molecule has 0 bridgehead atoms. The summed E-state index contributed by atoms with van der Waals surface area (Å²) in [5.41, 5.74) is 2.29. The molecule has 0 radical (unpaired) electrons. The Hall–Kier alpha value is -1.09. The summed E-state index contributed by atoms with van der Waals surface area (Å²) in [6, 6.07) is 4.23. The highest BCUT2D eigenvalue weighted by atomic mass is 16.5. The Bertz CT molecular complexity index is 332. The van der Waals surface area contributed by atoms with Crippen molar-refractivity contribution in [3.63, 3.8) is 0 Å². The van der Waals surface area contributed by atoms with Gasteiger partial charge in [0.2, 0.25) is 5.88 Å². The van der Waals surface area contributed by atoms with E-state index >= 15 is 0 Å². The molecule has 2 heterocycles. The van der Waals surface area contributed by atoms with Crippen LogP contribution in [0.25, 0.3) is 0 Å². The smallest absolute Gasteiger partial charge is 0.216 e. The minimum absolute atomic E-state index is 0.606. The fraction of sp³-hybridized carbons (Fsp3) is 0.583. The van der Waals surface area contributed by atoms with Gasteiger partial charge in [-0.05, 0) is 44.8 Å². The molecule has 1 aromatic rings. The molecule has 0 aromatic carbocycles. The van der Waals surface area contributed by atoms with Crippen molar-refractivity contribution in [1.82, 2.24) is 10.3 Å². The molecular formula is C12H18N2O. The summed E-state index contributed by atoms with van der Waals surface area (Å²) in [6.45, 7) is 4.19. The molecule has 0 aliphatic carbocycles. The highest BCUT2D eigenvalue weighted by Gasteiger charge is 2.19. The predicted octanol–water partition coefficient (Wildman–Crippen LogP) is 1.87. The van der Waals surface area contributed by atoms with Gasteiger partial charge in [-0.25, -0.2) is 4.98 Å². The Morgan fingerprint density at radius 3 is 2.73 bits per heavy atom. The molecule has 0 spiro atoms. The van der Waals surface area contributed by atoms with Crippen molar-refractivity contribution in [2.45, 2.75) is 25.7 Å². The third-order valence-electron chi connectivity index (χ3n) is 3.00. The van der Waals surface area contributed by atoms with Crippen LogP contribution in [0.3, 0.4) is 0 Å². The summed E-state index contributed by atoms with van der Waals surface area (Å²) in [6.07, 6.45) is 2.36. The molecule has 1 aromatic heterocycles. The minimum atomic E-state index is 0.606. The van der Waals surface area contributed by atoms with E-state index in [1.165, 1.54) is 18.4 Å². The van der Waals surface area contributed by atoms with Crippen molar-refractivity contribution in [2.75, 3.05) is 20.2 Å². The van der Waals surface area contributed by atoms with E-state index in [1.807, 2.05) is 6.92 Å². The molecule has 1 aliphatic rings. The van der Waals surface area contributed by atoms with Crippen LogP contribution >= 0.6 is 0 Å². The quantitative estimate of drug-likeness (QED) is 0.802. The van der Waals surface area contributed by atoms with Crippen LogP contribution in [0.2, 0.25) is 0 Å². The fourth-order valence-electron chi connectivity index (χ4n) is 2.15. The number of aromatic nitrogens is 1. The van der Waals surface area contributed by atoms with Gasteiger partial charge in [-0.15, -0.1) is 0 Å². The first-order chi connectivity index (χ1) is 7.31. The summed E-state index contributed by atoms with van der Waals surface area (Å²) in [5, 5.41) is 3.37. The largest absolute Gasteiger partial charge is 0.481 e. The Kier molecular flexibility index (Phi) is 3.21. The third-order valence-corrected chi connectivity index (χ3v) is 3.00. The standard InChI is InChI=1S/C12H18N2O/c1-9-3-4-11(12(14-9)15-2)10-5-7-13-8-6-10/h3-4,10,13H,5-8H2,1-2H3. The maximum Gasteiger partial charge on any atom is 0.216 e. The first-order valence-corrected chi connectivity index (χ1v) is 5.53. The Morgan fingerprint density at radius 1 is 1.33 bits per heavy atom. The van der Waals surface area contributed by atoms with Gasteiger partial charge in [-0.1, -0.05) is 6.07 Å². The van der Waals surface area contributed by atoms with Gasteiger partial charge in [0.15, 0.2) is 0 Å². The number of pyridine rings is 1. The average molecular weight is 206 g/mol. The van der Waals surface area contributed by atoms with Crippen LogP contribution in [0.4, 0.5) is 0 Å². The fourth-order valence-corrected chi connectivity index (χ4v) is 2.15. The van der Waals surface area contributed by atoms with E-state index in [2.05, 4.69) is 22.4 Å². The summed E-state index contributed by atoms with van der Waals surface area (Å²) in [4.78, 5) is 4.42. The number of hydrogen-bond acceptors (Lipinski definition) is 3. The summed E-state index contributed by atoms with van der Waals surface area (Å²) in [5.74, 6) is 1.41. The predicted molar refractivity (Wildman–Crippen MR) is 60.4 cm³/mol. The highest BCUT2D eigenvalue weighted by Crippen LogP contribution is 2.31. The first kappa shape index (κ1) is 10.4. The van der Waals surface area contributed by atoms with Crippen LogP contribution in [0.1, 0.15) is 30.0 Å². The number of piperidine rings is 1. The minimum Gasteiger partial charge on any atom is -0.481 e. The molecule has 1 fully saturated rings. The van der Waals surface area contributed by atoms with E-state index in [0.717, 1.165) is 24.7 Å². The van der Waals surface area contributed by atoms with Gasteiger partial charge >= 0.3 is 0 Å². The zero-order valence-electron chi connectivity index (χ0n) is 9.42. The van der Waals surface area contributed by atoms with Crippen molar-refractivity contribution >= 4 is 0 Å². The van der Waals surface area contributed by atoms with Crippen molar-refractivity contribution in [3.05, 3.63) is 23.4 Å². The third kappa shape index (κ3) is 2.29. The second-order valence-corrected chi connectivity index (χ2v) is 4.08. The van der Waals surface area contributed by atoms with E-state index in [9.17, 15) is 0 Å². The average Bonchev–Trinajstić information content (AvgIpc) is 2.30. The molecule has 3 nitrogen and oxygen atoms in total. The van der Waals surface area contributed by atoms with Crippen LogP contribution in [0, 0.1) is 6.92 Å².